The number of carbonyl (C=O) groups excluding carboxylic acids is 2. The van der Waals surface area contributed by atoms with Crippen LogP contribution < -0.4 is 20.9 Å². The summed E-state index contributed by atoms with van der Waals surface area (Å²) in [4.78, 5) is 22.5. The first kappa shape index (κ1) is 22.2. The van der Waals surface area contributed by atoms with E-state index in [1.165, 1.54) is 50.2 Å². The summed E-state index contributed by atoms with van der Waals surface area (Å²) in [6, 6.07) is 8.71. The molecule has 29 heavy (non-hydrogen) atoms. The molecule has 0 aliphatic carbocycles. The third kappa shape index (κ3) is 5.05. The monoisotopic (exact) mass is 420 g/mol. The van der Waals surface area contributed by atoms with Gasteiger partial charge in [0, 0.05) is 0 Å². The van der Waals surface area contributed by atoms with Gasteiger partial charge in [0.05, 0.1) is 9.79 Å². The van der Waals surface area contributed by atoms with Crippen molar-refractivity contribution >= 4 is 21.7 Å². The van der Waals surface area contributed by atoms with Gasteiger partial charge in [0.1, 0.15) is 11.5 Å². The van der Waals surface area contributed by atoms with Crippen molar-refractivity contribution < 1.29 is 27.5 Å². The Bertz CT molecular complexity index is 971. The molecule has 0 aliphatic heterocycles. The van der Waals surface area contributed by atoms with Crippen LogP contribution in [0.15, 0.2) is 46.2 Å². The summed E-state index contributed by atoms with van der Waals surface area (Å²) >= 11 is 0. The molecule has 0 unspecified atom stereocenters. The fraction of sp³-hybridized carbons (Fsp3) is 0.300. The zero-order valence-electron chi connectivity index (χ0n) is 16.6. The lowest BCUT2D eigenvalue weighted by atomic mass is 10.2. The van der Waals surface area contributed by atoms with Gasteiger partial charge in [-0.3, -0.25) is 9.59 Å². The molecule has 0 aliphatic rings. The number of hydrogen-bond acceptors (Lipinski definition) is 6. The zero-order valence-corrected chi connectivity index (χ0v) is 17.4. The first-order valence-corrected chi connectivity index (χ1v) is 10.3. The van der Waals surface area contributed by atoms with Crippen LogP contribution in [0.2, 0.25) is 0 Å². The van der Waals surface area contributed by atoms with E-state index in [-0.39, 0.29) is 9.79 Å². The van der Waals surface area contributed by atoms with Gasteiger partial charge in [0.15, 0.2) is 12.2 Å². The molecule has 2 rings (SSSR count). The summed E-state index contributed by atoms with van der Waals surface area (Å²) in [7, 11) is -3.80. The maximum absolute atomic E-state index is 13.0. The Labute approximate surface area is 169 Å². The molecule has 0 heterocycles. The van der Waals surface area contributed by atoms with Gasteiger partial charge >= 0.3 is 0 Å². The fourth-order valence-electron chi connectivity index (χ4n) is 2.48. The van der Waals surface area contributed by atoms with E-state index in [9.17, 15) is 18.0 Å². The van der Waals surface area contributed by atoms with Gasteiger partial charge in [0.25, 0.3) is 11.8 Å². The predicted molar refractivity (Wildman–Crippen MR) is 106 cm³/mol. The van der Waals surface area contributed by atoms with Crippen LogP contribution in [-0.2, 0) is 19.4 Å². The van der Waals surface area contributed by atoms with E-state index in [4.69, 9.17) is 20.9 Å². The third-order valence-electron chi connectivity index (χ3n) is 4.32. The molecule has 0 radical (unpaired) electrons. The van der Waals surface area contributed by atoms with Gasteiger partial charge in [-0.05, 0) is 75.2 Å². The van der Waals surface area contributed by atoms with Gasteiger partial charge in [-0.2, -0.15) is 0 Å². The van der Waals surface area contributed by atoms with Gasteiger partial charge < -0.3 is 20.9 Å². The molecular weight excluding hydrogens is 396 g/mol. The minimum absolute atomic E-state index is 0.0765. The summed E-state index contributed by atoms with van der Waals surface area (Å²) in [6.45, 7) is 6.38. The van der Waals surface area contributed by atoms with Crippen LogP contribution >= 0.6 is 0 Å². The molecule has 0 spiro atoms. The molecule has 0 saturated carbocycles. The number of ether oxygens (including phenoxy) is 2. The Balaban J connectivity index is 2.33. The summed E-state index contributed by atoms with van der Waals surface area (Å²) in [5, 5.41) is 0. The lowest BCUT2D eigenvalue weighted by Crippen LogP contribution is -2.30. The summed E-state index contributed by atoms with van der Waals surface area (Å²) in [6.07, 6.45) is -1.68. The van der Waals surface area contributed by atoms with Crippen molar-refractivity contribution in [1.29, 1.82) is 0 Å². The SMILES string of the molecule is Cc1cc(S(=O)(=O)c2ccc(O[C@H](C)C(N)=O)c(C)c2)ccc1O[C@H](C)C(N)=O. The normalized spacial score (nSPS) is 13.4. The number of carbonyl (C=O) groups is 2. The highest BCUT2D eigenvalue weighted by molar-refractivity contribution is 7.91. The summed E-state index contributed by atoms with van der Waals surface area (Å²) < 4.78 is 36.9. The lowest BCUT2D eigenvalue weighted by molar-refractivity contribution is -0.124. The van der Waals surface area contributed by atoms with Gasteiger partial charge in [-0.25, -0.2) is 8.42 Å². The van der Waals surface area contributed by atoms with E-state index in [2.05, 4.69) is 0 Å². The number of sulfone groups is 1. The van der Waals surface area contributed by atoms with Crippen LogP contribution in [0.25, 0.3) is 0 Å². The number of amides is 2. The Morgan fingerprint density at radius 2 is 1.14 bits per heavy atom. The second-order valence-electron chi connectivity index (χ2n) is 6.68. The molecule has 4 N–H and O–H groups in total. The standard InChI is InChI=1S/C20H24N2O6S/c1-11-9-15(5-7-17(11)27-13(3)19(21)23)29(25,26)16-6-8-18(12(2)10-16)28-14(4)20(22)24/h5-10,13-14H,1-4H3,(H2,21,23)(H2,22,24)/t13-,14-/m1/s1. The van der Waals surface area contributed by atoms with Crippen molar-refractivity contribution in [3.8, 4) is 11.5 Å². The Hall–Kier alpha value is -3.07. The number of primary amides is 2. The minimum Gasteiger partial charge on any atom is -0.481 e. The summed E-state index contributed by atoms with van der Waals surface area (Å²) in [5.41, 5.74) is 11.5. The molecule has 2 aromatic rings. The highest BCUT2D eigenvalue weighted by Crippen LogP contribution is 2.29. The third-order valence-corrected chi connectivity index (χ3v) is 6.07. The first-order valence-electron chi connectivity index (χ1n) is 8.81. The van der Waals surface area contributed by atoms with Crippen LogP contribution in [0, 0.1) is 13.8 Å². The maximum atomic E-state index is 13.0. The predicted octanol–water partition coefficient (Wildman–Crippen LogP) is 1.64. The van der Waals surface area contributed by atoms with Crippen LogP contribution in [0.4, 0.5) is 0 Å². The van der Waals surface area contributed by atoms with Crippen LogP contribution in [-0.4, -0.2) is 32.4 Å². The average Bonchev–Trinajstić information content (AvgIpc) is 2.64. The van der Waals surface area contributed by atoms with Crippen molar-refractivity contribution in [3.63, 3.8) is 0 Å². The van der Waals surface area contributed by atoms with E-state index < -0.39 is 33.9 Å². The summed E-state index contributed by atoms with van der Waals surface area (Å²) in [5.74, 6) is -0.500. The van der Waals surface area contributed by atoms with Crippen LogP contribution in [0.3, 0.4) is 0 Å². The largest absolute Gasteiger partial charge is 0.481 e. The highest BCUT2D eigenvalue weighted by Gasteiger charge is 2.21. The number of benzene rings is 2. The highest BCUT2D eigenvalue weighted by atomic mass is 32.2. The molecule has 0 bridgehead atoms. The molecule has 2 aromatic carbocycles. The maximum Gasteiger partial charge on any atom is 0.258 e. The molecule has 2 atom stereocenters. The van der Waals surface area contributed by atoms with Crippen molar-refractivity contribution in [2.45, 2.75) is 49.7 Å². The van der Waals surface area contributed by atoms with Crippen molar-refractivity contribution in [2.24, 2.45) is 11.5 Å². The smallest absolute Gasteiger partial charge is 0.258 e. The number of rotatable bonds is 8. The molecular formula is C20H24N2O6S. The molecule has 9 heteroatoms. The topological polar surface area (TPSA) is 139 Å². The van der Waals surface area contributed by atoms with Crippen molar-refractivity contribution in [2.75, 3.05) is 0 Å². The molecule has 0 fully saturated rings. The number of aryl methyl sites for hydroxylation is 2. The number of nitrogens with two attached hydrogens (primary N) is 2. The van der Waals surface area contributed by atoms with Crippen molar-refractivity contribution in [1.82, 2.24) is 0 Å². The Kier molecular flexibility index (Phi) is 6.53. The Morgan fingerprint density at radius 1 is 0.793 bits per heavy atom. The van der Waals surface area contributed by atoms with Gasteiger partial charge in [-0.1, -0.05) is 0 Å². The van der Waals surface area contributed by atoms with Crippen LogP contribution in [0.5, 0.6) is 11.5 Å². The zero-order chi connectivity index (χ0) is 21.9. The van der Waals surface area contributed by atoms with Gasteiger partial charge in [-0.15, -0.1) is 0 Å². The average molecular weight is 420 g/mol. The van der Waals surface area contributed by atoms with E-state index >= 15 is 0 Å². The second-order valence-corrected chi connectivity index (χ2v) is 8.63. The second kappa shape index (κ2) is 8.52. The Morgan fingerprint density at radius 3 is 1.41 bits per heavy atom. The quantitative estimate of drug-likeness (QED) is 0.666. The molecule has 2 amide bonds. The minimum atomic E-state index is -3.80. The lowest BCUT2D eigenvalue weighted by Gasteiger charge is -2.16. The fourth-order valence-corrected chi connectivity index (χ4v) is 3.91. The van der Waals surface area contributed by atoms with E-state index in [1.54, 1.807) is 13.8 Å². The van der Waals surface area contributed by atoms with Crippen LogP contribution in [0.1, 0.15) is 25.0 Å². The van der Waals surface area contributed by atoms with E-state index in [1.807, 2.05) is 0 Å². The molecule has 0 aromatic heterocycles. The number of hydrogen-bond donors (Lipinski definition) is 2. The molecule has 156 valence electrons. The first-order chi connectivity index (χ1) is 13.4. The molecule has 0 saturated heterocycles. The van der Waals surface area contributed by atoms with E-state index in [0.717, 1.165) is 0 Å². The van der Waals surface area contributed by atoms with Gasteiger partial charge in [0.2, 0.25) is 9.84 Å². The molecule has 8 nitrogen and oxygen atoms in total. The van der Waals surface area contributed by atoms with E-state index in [0.29, 0.717) is 22.6 Å². The van der Waals surface area contributed by atoms with Crippen molar-refractivity contribution in [3.05, 3.63) is 47.5 Å².